The molecule has 4 nitrogen and oxygen atoms in total. The minimum absolute atomic E-state index is 0.200. The van der Waals surface area contributed by atoms with Gasteiger partial charge in [0.05, 0.1) is 0 Å². The second kappa shape index (κ2) is 11.1. The molecule has 0 aromatic carbocycles. The van der Waals surface area contributed by atoms with E-state index in [0.29, 0.717) is 0 Å². The summed E-state index contributed by atoms with van der Waals surface area (Å²) in [6.45, 7) is 12.9. The van der Waals surface area contributed by atoms with Crippen molar-refractivity contribution in [3.8, 4) is 12.3 Å². The van der Waals surface area contributed by atoms with Gasteiger partial charge in [-0.1, -0.05) is 25.8 Å². The molecule has 0 radical (unpaired) electrons. The largest absolute Gasteiger partial charge is 0.444 e. The molecule has 1 N–H and O–H groups in total. The molecule has 1 fully saturated rings. The number of nitrogens with one attached hydrogen (secondary N) is 1. The fraction of sp³-hybridized carbons (Fsp3) is 0.722. The third kappa shape index (κ3) is 9.46. The minimum Gasteiger partial charge on any atom is -0.444 e. The van der Waals surface area contributed by atoms with Crippen LogP contribution in [-0.2, 0) is 4.74 Å². The van der Waals surface area contributed by atoms with Gasteiger partial charge in [-0.2, -0.15) is 0 Å². The Morgan fingerprint density at radius 3 is 2.27 bits per heavy atom. The maximum Gasteiger partial charge on any atom is 0.410 e. The van der Waals surface area contributed by atoms with Gasteiger partial charge in [0.2, 0.25) is 0 Å². The number of carbonyl (C=O) groups is 1. The quantitative estimate of drug-likeness (QED) is 0.695. The van der Waals surface area contributed by atoms with Crippen molar-refractivity contribution in [1.29, 1.82) is 0 Å². The van der Waals surface area contributed by atoms with E-state index < -0.39 is 0 Å². The van der Waals surface area contributed by atoms with Gasteiger partial charge in [-0.05, 0) is 45.6 Å². The third-order valence-electron chi connectivity index (χ3n) is 3.00. The van der Waals surface area contributed by atoms with Crippen LogP contribution < -0.4 is 5.32 Å². The van der Waals surface area contributed by atoms with Crippen LogP contribution in [0.4, 0.5) is 4.79 Å². The van der Waals surface area contributed by atoms with Gasteiger partial charge in [-0.3, -0.25) is 0 Å². The van der Waals surface area contributed by atoms with Gasteiger partial charge in [-0.25, -0.2) is 4.79 Å². The summed E-state index contributed by atoms with van der Waals surface area (Å²) in [6.07, 6.45) is 10.6. The Morgan fingerprint density at radius 2 is 1.91 bits per heavy atom. The standard InChI is InChI=1S/C9H18N2O2.C7H8.C2H6/c1-9(2,3)13-8(12)11-6-4-10-5-7-11;1-2-7-5-3-4-6-7;1-2/h10H,4-7H2,1-3H3;1,5H,3-4,6H2;1-2H3. The molecule has 1 aliphatic heterocycles. The molecule has 1 aliphatic carbocycles. The first-order chi connectivity index (χ1) is 10.4. The topological polar surface area (TPSA) is 41.6 Å². The first-order valence-corrected chi connectivity index (χ1v) is 8.26. The number of hydrogen-bond acceptors (Lipinski definition) is 3. The van der Waals surface area contributed by atoms with Crippen molar-refractivity contribution in [2.75, 3.05) is 26.2 Å². The van der Waals surface area contributed by atoms with Crippen LogP contribution in [0.1, 0.15) is 53.9 Å². The van der Waals surface area contributed by atoms with Gasteiger partial charge in [-0.15, -0.1) is 6.42 Å². The summed E-state index contributed by atoms with van der Waals surface area (Å²) in [6, 6.07) is 0. The molecule has 0 bridgehead atoms. The zero-order chi connectivity index (χ0) is 17.0. The third-order valence-corrected chi connectivity index (χ3v) is 3.00. The van der Waals surface area contributed by atoms with Crippen molar-refractivity contribution < 1.29 is 9.53 Å². The van der Waals surface area contributed by atoms with Crippen LogP contribution in [0.5, 0.6) is 0 Å². The van der Waals surface area contributed by atoms with Gasteiger partial charge < -0.3 is 15.0 Å². The molecule has 0 aromatic heterocycles. The summed E-state index contributed by atoms with van der Waals surface area (Å²) < 4.78 is 5.24. The van der Waals surface area contributed by atoms with E-state index >= 15 is 0 Å². The van der Waals surface area contributed by atoms with E-state index in [1.54, 1.807) is 4.90 Å². The van der Waals surface area contributed by atoms with E-state index in [4.69, 9.17) is 11.2 Å². The normalized spacial score (nSPS) is 17.1. The number of allylic oxidation sites excluding steroid dienone is 2. The van der Waals surface area contributed by atoms with Crippen LogP contribution in [0.2, 0.25) is 0 Å². The lowest BCUT2D eigenvalue weighted by molar-refractivity contribution is 0.0229. The second-order valence-corrected chi connectivity index (χ2v) is 5.98. The van der Waals surface area contributed by atoms with Crippen LogP contribution in [-0.4, -0.2) is 42.8 Å². The SMILES string of the molecule is C#CC1=CCCC1.CC.CC(C)(C)OC(=O)N1CCNCC1. The number of hydrogen-bond donors (Lipinski definition) is 1. The smallest absolute Gasteiger partial charge is 0.410 e. The van der Waals surface area contributed by atoms with Gasteiger partial charge in [0.15, 0.2) is 0 Å². The molecule has 0 spiro atoms. The van der Waals surface area contributed by atoms with Gasteiger partial charge in [0, 0.05) is 26.2 Å². The number of ether oxygens (including phenoxy) is 1. The summed E-state index contributed by atoms with van der Waals surface area (Å²) in [5.74, 6) is 2.62. The number of nitrogens with zero attached hydrogens (tertiary/aromatic N) is 1. The highest BCUT2D eigenvalue weighted by atomic mass is 16.6. The summed E-state index contributed by atoms with van der Waals surface area (Å²) in [7, 11) is 0. The molecule has 1 amide bonds. The van der Waals surface area contributed by atoms with Crippen LogP contribution in [0, 0.1) is 12.3 Å². The highest BCUT2D eigenvalue weighted by Gasteiger charge is 2.22. The van der Waals surface area contributed by atoms with Crippen molar-refractivity contribution in [2.24, 2.45) is 0 Å². The van der Waals surface area contributed by atoms with E-state index in [2.05, 4.69) is 17.3 Å². The van der Waals surface area contributed by atoms with E-state index in [-0.39, 0.29) is 11.7 Å². The highest BCUT2D eigenvalue weighted by molar-refractivity contribution is 5.68. The number of terminal acetylenes is 1. The number of carbonyl (C=O) groups excluding carboxylic acids is 1. The molecular formula is C18H32N2O2. The average molecular weight is 308 g/mol. The average Bonchev–Trinajstić information content (AvgIpc) is 3.03. The van der Waals surface area contributed by atoms with Crippen LogP contribution in [0.15, 0.2) is 11.6 Å². The number of amides is 1. The lowest BCUT2D eigenvalue weighted by atomic mass is 10.2. The van der Waals surface area contributed by atoms with E-state index in [9.17, 15) is 4.79 Å². The van der Waals surface area contributed by atoms with Crippen molar-refractivity contribution in [1.82, 2.24) is 10.2 Å². The maximum absolute atomic E-state index is 11.5. The van der Waals surface area contributed by atoms with E-state index in [0.717, 1.165) is 32.6 Å². The Balaban J connectivity index is 0.000000412. The van der Waals surface area contributed by atoms with E-state index in [1.165, 1.54) is 18.4 Å². The molecule has 126 valence electrons. The van der Waals surface area contributed by atoms with E-state index in [1.807, 2.05) is 34.6 Å². The lowest BCUT2D eigenvalue weighted by Crippen LogP contribution is -2.48. The Kier molecular flexibility index (Phi) is 10.4. The molecule has 2 aliphatic rings. The molecule has 1 saturated heterocycles. The van der Waals surface area contributed by atoms with Gasteiger partial charge in [0.1, 0.15) is 5.60 Å². The lowest BCUT2D eigenvalue weighted by Gasteiger charge is -2.30. The van der Waals surface area contributed by atoms with Crippen LogP contribution >= 0.6 is 0 Å². The molecule has 2 rings (SSSR count). The summed E-state index contributed by atoms with van der Waals surface area (Å²) in [5.41, 5.74) is 0.807. The van der Waals surface area contributed by atoms with Crippen LogP contribution in [0.25, 0.3) is 0 Å². The Morgan fingerprint density at radius 1 is 1.32 bits per heavy atom. The zero-order valence-corrected chi connectivity index (χ0v) is 14.9. The Bertz CT molecular complexity index is 383. The molecule has 0 saturated carbocycles. The van der Waals surface area contributed by atoms with Crippen molar-refractivity contribution in [3.05, 3.63) is 11.6 Å². The Labute approximate surface area is 136 Å². The molecule has 22 heavy (non-hydrogen) atoms. The Hall–Kier alpha value is -1.47. The van der Waals surface area contributed by atoms with Gasteiger partial charge >= 0.3 is 6.09 Å². The fourth-order valence-electron chi connectivity index (χ4n) is 1.98. The second-order valence-electron chi connectivity index (χ2n) is 5.98. The van der Waals surface area contributed by atoms with Crippen molar-refractivity contribution >= 4 is 6.09 Å². The molecule has 0 aromatic rings. The summed E-state index contributed by atoms with van der Waals surface area (Å²) >= 11 is 0. The summed E-state index contributed by atoms with van der Waals surface area (Å²) in [4.78, 5) is 13.2. The minimum atomic E-state index is -0.387. The van der Waals surface area contributed by atoms with Gasteiger partial charge in [0.25, 0.3) is 0 Å². The first kappa shape index (κ1) is 20.5. The van der Waals surface area contributed by atoms with Crippen molar-refractivity contribution in [2.45, 2.75) is 59.5 Å². The predicted molar refractivity (Wildman–Crippen MR) is 92.8 cm³/mol. The highest BCUT2D eigenvalue weighted by Crippen LogP contribution is 2.15. The summed E-state index contributed by atoms with van der Waals surface area (Å²) in [5, 5.41) is 3.18. The van der Waals surface area contributed by atoms with Crippen LogP contribution in [0.3, 0.4) is 0 Å². The predicted octanol–water partition coefficient (Wildman–Crippen LogP) is 3.58. The van der Waals surface area contributed by atoms with Crippen molar-refractivity contribution in [3.63, 3.8) is 0 Å². The molecule has 1 heterocycles. The maximum atomic E-state index is 11.5. The molecule has 0 unspecified atom stereocenters. The number of rotatable bonds is 0. The monoisotopic (exact) mass is 308 g/mol. The first-order valence-electron chi connectivity index (χ1n) is 8.26. The molecular weight excluding hydrogens is 276 g/mol. The fourth-order valence-corrected chi connectivity index (χ4v) is 1.98. The number of piperazine rings is 1. The molecule has 0 atom stereocenters. The molecule has 4 heteroatoms. The zero-order valence-electron chi connectivity index (χ0n) is 14.9.